The zero-order chi connectivity index (χ0) is 26.8. The fraction of sp³-hybridized carbons (Fsp3) is 0.367. The Morgan fingerprint density at radius 1 is 0.949 bits per heavy atom. The summed E-state index contributed by atoms with van der Waals surface area (Å²) >= 11 is 1.84. The van der Waals surface area contributed by atoms with Gasteiger partial charge in [0, 0.05) is 61.4 Å². The van der Waals surface area contributed by atoms with Crippen LogP contribution < -0.4 is 19.7 Å². The van der Waals surface area contributed by atoms with Gasteiger partial charge in [-0.3, -0.25) is 0 Å². The predicted molar refractivity (Wildman–Crippen MR) is 156 cm³/mol. The lowest BCUT2D eigenvalue weighted by Crippen LogP contribution is -2.50. The van der Waals surface area contributed by atoms with Crippen LogP contribution in [0.3, 0.4) is 0 Å². The minimum Gasteiger partial charge on any atom is -0.497 e. The van der Waals surface area contributed by atoms with Gasteiger partial charge in [-0.25, -0.2) is 14.8 Å². The number of aryl methyl sites for hydroxylation is 2. The Hall–Kier alpha value is -3.85. The number of hydrogen-bond acceptors (Lipinski definition) is 7. The van der Waals surface area contributed by atoms with Crippen molar-refractivity contribution in [2.75, 3.05) is 50.6 Å². The SMILES string of the molecule is COc1cc(NC(=O)N2CCN(c3nc(Cc4ccccc4)nc4sc5c(c34)CCCC5)CC2)cc(OC)c1. The first-order valence-electron chi connectivity index (χ1n) is 13.5. The molecule has 39 heavy (non-hydrogen) atoms. The molecule has 1 aliphatic carbocycles. The lowest BCUT2D eigenvalue weighted by Gasteiger charge is -2.36. The summed E-state index contributed by atoms with van der Waals surface area (Å²) in [4.78, 5) is 30.1. The Labute approximate surface area is 232 Å². The molecule has 2 aromatic heterocycles. The van der Waals surface area contributed by atoms with Gasteiger partial charge in [-0.05, 0) is 36.8 Å². The molecule has 0 unspecified atom stereocenters. The molecule has 0 spiro atoms. The molecule has 2 amide bonds. The number of carbonyl (C=O) groups is 1. The maximum Gasteiger partial charge on any atom is 0.321 e. The lowest BCUT2D eigenvalue weighted by atomic mass is 9.96. The maximum absolute atomic E-state index is 13.1. The van der Waals surface area contributed by atoms with E-state index in [1.54, 1.807) is 32.4 Å². The highest BCUT2D eigenvalue weighted by Crippen LogP contribution is 2.40. The number of nitrogens with zero attached hydrogens (tertiary/aromatic N) is 4. The summed E-state index contributed by atoms with van der Waals surface area (Å²) in [6, 6.07) is 15.7. The maximum atomic E-state index is 13.1. The summed E-state index contributed by atoms with van der Waals surface area (Å²) in [7, 11) is 3.19. The molecule has 1 aliphatic heterocycles. The van der Waals surface area contributed by atoms with Crippen molar-refractivity contribution in [3.05, 3.63) is 70.4 Å². The second kappa shape index (κ2) is 11.1. The average Bonchev–Trinajstić information content (AvgIpc) is 3.35. The molecule has 1 N–H and O–H groups in total. The summed E-state index contributed by atoms with van der Waals surface area (Å²) in [6.07, 6.45) is 5.39. The van der Waals surface area contributed by atoms with E-state index < -0.39 is 0 Å². The van der Waals surface area contributed by atoms with Crippen molar-refractivity contribution in [3.63, 3.8) is 0 Å². The number of hydrogen-bond donors (Lipinski definition) is 1. The zero-order valence-corrected chi connectivity index (χ0v) is 23.2. The second-order valence-corrected chi connectivity index (χ2v) is 11.1. The highest BCUT2D eigenvalue weighted by Gasteiger charge is 2.27. The fourth-order valence-corrected chi connectivity index (χ4v) is 6.75. The molecule has 6 rings (SSSR count). The van der Waals surface area contributed by atoms with Gasteiger partial charge in [0.05, 0.1) is 19.6 Å². The van der Waals surface area contributed by atoms with Crippen molar-refractivity contribution in [2.45, 2.75) is 32.1 Å². The number of benzene rings is 2. The quantitative estimate of drug-likeness (QED) is 0.344. The first kappa shape index (κ1) is 25.4. The third-order valence-corrected chi connectivity index (χ3v) is 8.70. The number of piperazine rings is 1. The van der Waals surface area contributed by atoms with Crippen LogP contribution in [0.15, 0.2) is 48.5 Å². The standard InChI is InChI=1S/C30H33N5O3S/c1-37-22-17-21(18-23(19-22)38-2)31-30(36)35-14-12-34(13-15-35)28-27-24-10-6-7-11-25(24)39-29(27)33-26(32-28)16-20-8-4-3-5-9-20/h3-5,8-9,17-19H,6-7,10-16H2,1-2H3,(H,31,36). The van der Waals surface area contributed by atoms with E-state index in [-0.39, 0.29) is 6.03 Å². The Bertz CT molecular complexity index is 1460. The Balaban J connectivity index is 1.23. The number of methoxy groups -OCH3 is 2. The monoisotopic (exact) mass is 543 g/mol. The van der Waals surface area contributed by atoms with Crippen molar-refractivity contribution in [2.24, 2.45) is 0 Å². The molecule has 202 valence electrons. The van der Waals surface area contributed by atoms with Gasteiger partial charge in [-0.1, -0.05) is 30.3 Å². The van der Waals surface area contributed by atoms with E-state index in [9.17, 15) is 4.79 Å². The Kier molecular flexibility index (Phi) is 7.24. The number of fused-ring (bicyclic) bond motifs is 3. The number of urea groups is 1. The van der Waals surface area contributed by atoms with Gasteiger partial charge in [0.1, 0.15) is 28.0 Å². The Morgan fingerprint density at radius 2 is 1.67 bits per heavy atom. The van der Waals surface area contributed by atoms with Crippen molar-refractivity contribution in [3.8, 4) is 11.5 Å². The lowest BCUT2D eigenvalue weighted by molar-refractivity contribution is 0.208. The van der Waals surface area contributed by atoms with E-state index in [0.29, 0.717) is 36.7 Å². The van der Waals surface area contributed by atoms with Gasteiger partial charge in [-0.15, -0.1) is 11.3 Å². The van der Waals surface area contributed by atoms with Gasteiger partial charge in [-0.2, -0.15) is 0 Å². The van der Waals surface area contributed by atoms with Crippen molar-refractivity contribution in [1.29, 1.82) is 0 Å². The average molecular weight is 544 g/mol. The third-order valence-electron chi connectivity index (χ3n) is 7.52. The number of ether oxygens (including phenoxy) is 2. The predicted octanol–water partition coefficient (Wildman–Crippen LogP) is 5.53. The van der Waals surface area contributed by atoms with Crippen LogP contribution in [0.4, 0.5) is 16.3 Å². The van der Waals surface area contributed by atoms with Gasteiger partial charge in [0.25, 0.3) is 0 Å². The molecule has 0 bridgehead atoms. The molecule has 0 saturated carbocycles. The molecule has 1 fully saturated rings. The second-order valence-electron chi connectivity index (χ2n) is 10.0. The smallest absolute Gasteiger partial charge is 0.321 e. The number of carbonyl (C=O) groups excluding carboxylic acids is 1. The molecule has 0 atom stereocenters. The molecule has 1 saturated heterocycles. The summed E-state index contributed by atoms with van der Waals surface area (Å²) in [5.41, 5.74) is 3.29. The topological polar surface area (TPSA) is 79.8 Å². The highest BCUT2D eigenvalue weighted by atomic mass is 32.1. The van der Waals surface area contributed by atoms with E-state index in [0.717, 1.165) is 42.4 Å². The van der Waals surface area contributed by atoms with E-state index in [4.69, 9.17) is 19.4 Å². The number of aromatic nitrogens is 2. The van der Waals surface area contributed by atoms with E-state index in [1.807, 2.05) is 22.3 Å². The molecule has 9 heteroatoms. The summed E-state index contributed by atoms with van der Waals surface area (Å²) in [5, 5.41) is 4.23. The van der Waals surface area contributed by atoms with Crippen LogP contribution in [0.5, 0.6) is 11.5 Å². The van der Waals surface area contributed by atoms with Gasteiger partial charge >= 0.3 is 6.03 Å². The number of amides is 2. The summed E-state index contributed by atoms with van der Waals surface area (Å²) in [6.45, 7) is 2.66. The van der Waals surface area contributed by atoms with Crippen LogP contribution in [0.2, 0.25) is 0 Å². The number of thiophene rings is 1. The molecule has 0 radical (unpaired) electrons. The molecular weight excluding hydrogens is 510 g/mol. The highest BCUT2D eigenvalue weighted by molar-refractivity contribution is 7.19. The van der Waals surface area contributed by atoms with Gasteiger partial charge in [0.2, 0.25) is 0 Å². The van der Waals surface area contributed by atoms with Crippen LogP contribution in [0.25, 0.3) is 10.2 Å². The molecule has 3 heterocycles. The molecular formula is C30H33N5O3S. The van der Waals surface area contributed by atoms with E-state index in [1.165, 1.54) is 34.2 Å². The molecule has 2 aromatic carbocycles. The minimum atomic E-state index is -0.129. The normalized spacial score (nSPS) is 15.2. The van der Waals surface area contributed by atoms with Crippen LogP contribution in [-0.2, 0) is 19.3 Å². The van der Waals surface area contributed by atoms with Crippen LogP contribution >= 0.6 is 11.3 Å². The molecule has 2 aliphatic rings. The van der Waals surface area contributed by atoms with E-state index >= 15 is 0 Å². The van der Waals surface area contributed by atoms with Crippen molar-refractivity contribution >= 4 is 39.1 Å². The minimum absolute atomic E-state index is 0.129. The Morgan fingerprint density at radius 3 is 2.38 bits per heavy atom. The third kappa shape index (κ3) is 5.36. The molecule has 8 nitrogen and oxygen atoms in total. The fourth-order valence-electron chi connectivity index (χ4n) is 5.47. The summed E-state index contributed by atoms with van der Waals surface area (Å²) < 4.78 is 10.7. The number of rotatable bonds is 6. The van der Waals surface area contributed by atoms with Gasteiger partial charge in [0.15, 0.2) is 0 Å². The van der Waals surface area contributed by atoms with Crippen molar-refractivity contribution < 1.29 is 14.3 Å². The summed E-state index contributed by atoms with van der Waals surface area (Å²) in [5.74, 6) is 3.15. The van der Waals surface area contributed by atoms with Crippen LogP contribution in [0.1, 0.15) is 34.7 Å². The largest absolute Gasteiger partial charge is 0.497 e. The first-order chi connectivity index (χ1) is 19.1. The van der Waals surface area contributed by atoms with Crippen molar-refractivity contribution in [1.82, 2.24) is 14.9 Å². The number of nitrogens with one attached hydrogen (secondary N) is 1. The van der Waals surface area contributed by atoms with E-state index in [2.05, 4.69) is 34.5 Å². The molecule has 4 aromatic rings. The van der Waals surface area contributed by atoms with Crippen LogP contribution in [0, 0.1) is 0 Å². The zero-order valence-electron chi connectivity index (χ0n) is 22.4. The van der Waals surface area contributed by atoms with Crippen LogP contribution in [-0.4, -0.2) is 61.3 Å². The van der Waals surface area contributed by atoms with Gasteiger partial charge < -0.3 is 24.6 Å². The first-order valence-corrected chi connectivity index (χ1v) is 14.3. The number of anilines is 2.